The molecule has 2 aromatic rings. The van der Waals surface area contributed by atoms with Crippen molar-refractivity contribution in [1.29, 1.82) is 0 Å². The average molecular weight is 381 g/mol. The number of sulfonamides is 1. The molecule has 2 aromatic carbocycles. The topological polar surface area (TPSA) is 66.5 Å². The van der Waals surface area contributed by atoms with E-state index in [1.165, 1.54) is 0 Å². The molecule has 0 aromatic heterocycles. The molecule has 5 nitrogen and oxygen atoms in total. The van der Waals surface area contributed by atoms with E-state index in [-0.39, 0.29) is 12.5 Å². The maximum absolute atomic E-state index is 12.7. The Hall–Kier alpha value is -2.05. The second kappa shape index (κ2) is 8.36. The Morgan fingerprint density at radius 3 is 2.28 bits per heavy atom. The van der Waals surface area contributed by atoms with Gasteiger partial charge in [0.05, 0.1) is 11.9 Å². The zero-order valence-electron chi connectivity index (χ0n) is 14.1. The van der Waals surface area contributed by atoms with Gasteiger partial charge in [0.15, 0.2) is 0 Å². The fourth-order valence-corrected chi connectivity index (χ4v) is 3.99. The minimum atomic E-state index is -3.62. The zero-order valence-corrected chi connectivity index (χ0v) is 15.7. The third-order valence-corrected chi connectivity index (χ3v) is 5.30. The van der Waals surface area contributed by atoms with Gasteiger partial charge in [0, 0.05) is 11.6 Å². The highest BCUT2D eigenvalue weighted by Crippen LogP contribution is 2.22. The van der Waals surface area contributed by atoms with Crippen LogP contribution in [0, 0.1) is 0 Å². The van der Waals surface area contributed by atoms with Gasteiger partial charge in [-0.15, -0.1) is 0 Å². The SMILES string of the molecule is CC[C@H](C(=O)NCc1ccccc1Cl)N(c1ccccc1)S(C)(=O)=O. The summed E-state index contributed by atoms with van der Waals surface area (Å²) in [5.74, 6) is -0.364. The molecule has 0 heterocycles. The lowest BCUT2D eigenvalue weighted by atomic mass is 10.1. The van der Waals surface area contributed by atoms with Crippen LogP contribution in [-0.4, -0.2) is 26.6 Å². The zero-order chi connectivity index (χ0) is 18.4. The van der Waals surface area contributed by atoms with E-state index in [0.717, 1.165) is 16.1 Å². The smallest absolute Gasteiger partial charge is 0.244 e. The molecular formula is C18H21ClN2O3S. The number of halogens is 1. The van der Waals surface area contributed by atoms with E-state index in [4.69, 9.17) is 11.6 Å². The Bertz CT molecular complexity index is 825. The molecule has 0 saturated heterocycles. The fourth-order valence-electron chi connectivity index (χ4n) is 2.58. The van der Waals surface area contributed by atoms with Crippen LogP contribution in [0.25, 0.3) is 0 Å². The molecule has 2 rings (SSSR count). The van der Waals surface area contributed by atoms with Crippen molar-refractivity contribution >= 4 is 33.2 Å². The second-order valence-electron chi connectivity index (χ2n) is 5.63. The molecule has 0 bridgehead atoms. The summed E-state index contributed by atoms with van der Waals surface area (Å²) in [4.78, 5) is 12.7. The molecule has 1 amide bonds. The quantitative estimate of drug-likeness (QED) is 0.802. The summed E-state index contributed by atoms with van der Waals surface area (Å²) in [6.07, 6.45) is 1.44. The first kappa shape index (κ1) is 19.3. The summed E-state index contributed by atoms with van der Waals surface area (Å²) in [5, 5.41) is 3.34. The summed E-state index contributed by atoms with van der Waals surface area (Å²) in [6, 6.07) is 15.0. The molecular weight excluding hydrogens is 360 g/mol. The highest BCUT2D eigenvalue weighted by atomic mass is 35.5. The molecule has 0 radical (unpaired) electrons. The van der Waals surface area contributed by atoms with Gasteiger partial charge in [0.25, 0.3) is 0 Å². The van der Waals surface area contributed by atoms with E-state index in [0.29, 0.717) is 17.1 Å². The summed E-state index contributed by atoms with van der Waals surface area (Å²) < 4.78 is 25.7. The third-order valence-electron chi connectivity index (χ3n) is 3.75. The van der Waals surface area contributed by atoms with Crippen molar-refractivity contribution in [3.05, 3.63) is 65.2 Å². The van der Waals surface area contributed by atoms with Crippen molar-refractivity contribution < 1.29 is 13.2 Å². The van der Waals surface area contributed by atoms with Gasteiger partial charge in [-0.05, 0) is 30.2 Å². The molecule has 0 saturated carbocycles. The Kier molecular flexibility index (Phi) is 6.45. The monoisotopic (exact) mass is 380 g/mol. The predicted octanol–water partition coefficient (Wildman–Crippen LogP) is 3.20. The van der Waals surface area contributed by atoms with Crippen LogP contribution < -0.4 is 9.62 Å². The van der Waals surface area contributed by atoms with Crippen molar-refractivity contribution in [1.82, 2.24) is 5.32 Å². The Balaban J connectivity index is 2.23. The van der Waals surface area contributed by atoms with Crippen LogP contribution in [0.5, 0.6) is 0 Å². The van der Waals surface area contributed by atoms with Crippen LogP contribution in [0.3, 0.4) is 0 Å². The highest BCUT2D eigenvalue weighted by molar-refractivity contribution is 7.92. The second-order valence-corrected chi connectivity index (χ2v) is 7.89. The summed E-state index contributed by atoms with van der Waals surface area (Å²) >= 11 is 6.09. The molecule has 7 heteroatoms. The van der Waals surface area contributed by atoms with E-state index in [2.05, 4.69) is 5.32 Å². The standard InChI is InChI=1S/C18H21ClN2O3S/c1-3-17(18(22)20-13-14-9-7-8-12-16(14)19)21(25(2,23)24)15-10-5-4-6-11-15/h4-12,17H,3,13H2,1-2H3,(H,20,22)/t17-/m1/s1. The van der Waals surface area contributed by atoms with Gasteiger partial charge in [0.2, 0.25) is 15.9 Å². The van der Waals surface area contributed by atoms with Gasteiger partial charge in [0.1, 0.15) is 6.04 Å². The van der Waals surface area contributed by atoms with Crippen LogP contribution in [0.2, 0.25) is 5.02 Å². The number of benzene rings is 2. The van der Waals surface area contributed by atoms with Crippen molar-refractivity contribution in [2.75, 3.05) is 10.6 Å². The van der Waals surface area contributed by atoms with E-state index in [1.54, 1.807) is 43.3 Å². The molecule has 0 aliphatic heterocycles. The summed E-state index contributed by atoms with van der Waals surface area (Å²) in [5.41, 5.74) is 1.24. The summed E-state index contributed by atoms with van der Waals surface area (Å²) in [6.45, 7) is 2.02. The van der Waals surface area contributed by atoms with E-state index < -0.39 is 16.1 Å². The number of anilines is 1. The number of hydrogen-bond acceptors (Lipinski definition) is 3. The lowest BCUT2D eigenvalue weighted by molar-refractivity contribution is -0.122. The minimum Gasteiger partial charge on any atom is -0.350 e. The van der Waals surface area contributed by atoms with E-state index >= 15 is 0 Å². The normalized spacial score (nSPS) is 12.4. The third kappa shape index (κ3) is 4.96. The molecule has 0 spiro atoms. The number of carbonyl (C=O) groups excluding carboxylic acids is 1. The largest absolute Gasteiger partial charge is 0.350 e. The van der Waals surface area contributed by atoms with Gasteiger partial charge in [-0.25, -0.2) is 8.42 Å². The number of nitrogens with one attached hydrogen (secondary N) is 1. The van der Waals surface area contributed by atoms with Crippen LogP contribution in [0.15, 0.2) is 54.6 Å². The Morgan fingerprint density at radius 2 is 1.72 bits per heavy atom. The first-order valence-electron chi connectivity index (χ1n) is 7.90. The lowest BCUT2D eigenvalue weighted by Crippen LogP contribution is -2.49. The molecule has 0 aliphatic rings. The number of carbonyl (C=O) groups is 1. The summed E-state index contributed by atoms with van der Waals surface area (Å²) in [7, 11) is -3.62. The van der Waals surface area contributed by atoms with Crippen LogP contribution in [0.4, 0.5) is 5.69 Å². The maximum Gasteiger partial charge on any atom is 0.244 e. The number of nitrogens with zero attached hydrogens (tertiary/aromatic N) is 1. The molecule has 0 fully saturated rings. The highest BCUT2D eigenvalue weighted by Gasteiger charge is 2.31. The van der Waals surface area contributed by atoms with Crippen molar-refractivity contribution in [2.45, 2.75) is 25.9 Å². The Labute approximate surface area is 153 Å². The first-order chi connectivity index (χ1) is 11.8. The minimum absolute atomic E-state index is 0.237. The van der Waals surface area contributed by atoms with Crippen molar-refractivity contribution in [3.8, 4) is 0 Å². The van der Waals surface area contributed by atoms with Crippen molar-refractivity contribution in [3.63, 3.8) is 0 Å². The number of amides is 1. The molecule has 0 aliphatic carbocycles. The van der Waals surface area contributed by atoms with Crippen LogP contribution >= 0.6 is 11.6 Å². The van der Waals surface area contributed by atoms with Gasteiger partial charge in [-0.3, -0.25) is 9.10 Å². The van der Waals surface area contributed by atoms with Gasteiger partial charge in [-0.2, -0.15) is 0 Å². The lowest BCUT2D eigenvalue weighted by Gasteiger charge is -2.30. The van der Waals surface area contributed by atoms with Crippen LogP contribution in [0.1, 0.15) is 18.9 Å². The van der Waals surface area contributed by atoms with Gasteiger partial charge in [-0.1, -0.05) is 54.9 Å². The van der Waals surface area contributed by atoms with Crippen molar-refractivity contribution in [2.24, 2.45) is 0 Å². The molecule has 1 atom stereocenters. The number of rotatable bonds is 7. The van der Waals surface area contributed by atoms with E-state index in [1.807, 2.05) is 18.2 Å². The van der Waals surface area contributed by atoms with Gasteiger partial charge >= 0.3 is 0 Å². The number of hydrogen-bond donors (Lipinski definition) is 1. The molecule has 25 heavy (non-hydrogen) atoms. The maximum atomic E-state index is 12.7. The number of para-hydroxylation sites is 1. The average Bonchev–Trinajstić information content (AvgIpc) is 2.58. The first-order valence-corrected chi connectivity index (χ1v) is 10.1. The Morgan fingerprint density at radius 1 is 1.12 bits per heavy atom. The fraction of sp³-hybridized carbons (Fsp3) is 0.278. The molecule has 1 N–H and O–H groups in total. The van der Waals surface area contributed by atoms with Crippen LogP contribution in [-0.2, 0) is 21.4 Å². The molecule has 0 unspecified atom stereocenters. The predicted molar refractivity (Wildman–Crippen MR) is 101 cm³/mol. The van der Waals surface area contributed by atoms with Gasteiger partial charge < -0.3 is 5.32 Å². The van der Waals surface area contributed by atoms with E-state index in [9.17, 15) is 13.2 Å². The molecule has 134 valence electrons.